The molecule has 0 radical (unpaired) electrons. The van der Waals surface area contributed by atoms with Crippen LogP contribution in [-0.2, 0) is 14.8 Å². The Morgan fingerprint density at radius 3 is 2.19 bits per heavy atom. The topological polar surface area (TPSA) is 92.8 Å². The molecule has 0 heterocycles. The molecule has 2 rings (SSSR count). The molecule has 0 saturated carbocycles. The number of nitrogens with one attached hydrogen (secondary N) is 1. The van der Waals surface area contributed by atoms with Crippen molar-refractivity contribution in [2.24, 2.45) is 0 Å². The number of sulfonamides is 1. The van der Waals surface area contributed by atoms with Crippen LogP contribution in [0.3, 0.4) is 0 Å². The molecule has 0 aliphatic heterocycles. The van der Waals surface area contributed by atoms with Crippen molar-refractivity contribution in [1.82, 2.24) is 4.31 Å². The summed E-state index contributed by atoms with van der Waals surface area (Å²) in [5.74, 6) is -0.891. The van der Waals surface area contributed by atoms with Crippen LogP contribution in [0.2, 0.25) is 0 Å². The van der Waals surface area contributed by atoms with Crippen LogP contribution < -0.4 is 5.32 Å². The molecule has 0 spiro atoms. The summed E-state index contributed by atoms with van der Waals surface area (Å²) in [5, 5.41) is 2.68. The van der Waals surface area contributed by atoms with Gasteiger partial charge in [-0.25, -0.2) is 17.5 Å². The van der Waals surface area contributed by atoms with Gasteiger partial charge < -0.3 is 10.1 Å². The highest BCUT2D eigenvalue weighted by atomic mass is 32.2. The minimum absolute atomic E-state index is 0.0995. The quantitative estimate of drug-likeness (QED) is 0.766. The fourth-order valence-electron chi connectivity index (χ4n) is 2.20. The predicted molar refractivity (Wildman–Crippen MR) is 102 cm³/mol. The number of ether oxygens (including phenoxy) is 1. The summed E-state index contributed by atoms with van der Waals surface area (Å²) in [7, 11) is -0.678. The number of amides is 1. The molecular weight excluding hydrogens is 368 g/mol. The van der Waals surface area contributed by atoms with Crippen molar-refractivity contribution in [2.75, 3.05) is 19.4 Å². The Balaban J connectivity index is 2.15. The second kappa shape index (κ2) is 8.32. The van der Waals surface area contributed by atoms with Crippen molar-refractivity contribution in [3.63, 3.8) is 0 Å². The zero-order chi connectivity index (χ0) is 20.2. The molecule has 144 valence electrons. The van der Waals surface area contributed by atoms with Crippen LogP contribution in [0, 0.1) is 0 Å². The highest BCUT2D eigenvalue weighted by Crippen LogP contribution is 2.17. The number of benzene rings is 2. The van der Waals surface area contributed by atoms with E-state index in [2.05, 4.69) is 5.32 Å². The average molecular weight is 390 g/mol. The van der Waals surface area contributed by atoms with Gasteiger partial charge in [-0.05, 0) is 56.3 Å². The monoisotopic (exact) mass is 390 g/mol. The molecule has 0 atom stereocenters. The number of hydrogen-bond donors (Lipinski definition) is 1. The van der Waals surface area contributed by atoms with E-state index in [1.165, 1.54) is 44.4 Å². The van der Waals surface area contributed by atoms with Crippen molar-refractivity contribution in [1.29, 1.82) is 0 Å². The third-order valence-corrected chi connectivity index (χ3v) is 5.42. The van der Waals surface area contributed by atoms with Crippen molar-refractivity contribution in [3.8, 4) is 0 Å². The number of carbonyl (C=O) groups is 2. The van der Waals surface area contributed by atoms with E-state index < -0.39 is 21.9 Å². The summed E-state index contributed by atoms with van der Waals surface area (Å²) < 4.78 is 30.4. The van der Waals surface area contributed by atoms with Gasteiger partial charge in [-0.1, -0.05) is 6.07 Å². The number of anilines is 1. The first kappa shape index (κ1) is 20.6. The molecule has 0 bridgehead atoms. The van der Waals surface area contributed by atoms with Crippen LogP contribution in [0.5, 0.6) is 0 Å². The average Bonchev–Trinajstić information content (AvgIpc) is 2.61. The molecule has 0 saturated heterocycles. The Hall–Kier alpha value is -2.71. The molecule has 0 unspecified atom stereocenters. The maximum Gasteiger partial charge on any atom is 0.338 e. The number of rotatable bonds is 6. The second-order valence-electron chi connectivity index (χ2n) is 6.30. The Kier molecular flexibility index (Phi) is 6.35. The van der Waals surface area contributed by atoms with E-state index in [1.807, 2.05) is 0 Å². The fraction of sp³-hybridized carbons (Fsp3) is 0.263. The third kappa shape index (κ3) is 5.15. The second-order valence-corrected chi connectivity index (χ2v) is 8.45. The number of esters is 1. The molecule has 2 aromatic carbocycles. The van der Waals surface area contributed by atoms with Gasteiger partial charge in [-0.3, -0.25) is 4.79 Å². The molecule has 1 N–H and O–H groups in total. The molecule has 0 aliphatic rings. The highest BCUT2D eigenvalue weighted by molar-refractivity contribution is 7.89. The van der Waals surface area contributed by atoms with Gasteiger partial charge in [0.05, 0.1) is 16.6 Å². The van der Waals surface area contributed by atoms with Gasteiger partial charge in [-0.2, -0.15) is 0 Å². The first-order chi connectivity index (χ1) is 12.6. The van der Waals surface area contributed by atoms with E-state index >= 15 is 0 Å². The van der Waals surface area contributed by atoms with Crippen LogP contribution >= 0.6 is 0 Å². The first-order valence-electron chi connectivity index (χ1n) is 8.26. The zero-order valence-corrected chi connectivity index (χ0v) is 16.4. The van der Waals surface area contributed by atoms with Crippen molar-refractivity contribution in [3.05, 3.63) is 59.7 Å². The number of nitrogens with zero attached hydrogens (tertiary/aromatic N) is 1. The van der Waals surface area contributed by atoms with Gasteiger partial charge in [-0.15, -0.1) is 0 Å². The molecule has 2 aromatic rings. The lowest BCUT2D eigenvalue weighted by atomic mass is 10.1. The van der Waals surface area contributed by atoms with Gasteiger partial charge in [0, 0.05) is 25.3 Å². The summed E-state index contributed by atoms with van der Waals surface area (Å²) in [6, 6.07) is 12.0. The molecule has 0 aliphatic carbocycles. The van der Waals surface area contributed by atoms with Crippen LogP contribution in [0.1, 0.15) is 34.6 Å². The zero-order valence-electron chi connectivity index (χ0n) is 15.6. The molecule has 8 heteroatoms. The van der Waals surface area contributed by atoms with E-state index in [0.717, 1.165) is 4.31 Å². The maximum atomic E-state index is 12.4. The fourth-order valence-corrected chi connectivity index (χ4v) is 3.10. The van der Waals surface area contributed by atoms with Crippen LogP contribution in [-0.4, -0.2) is 44.8 Å². The Morgan fingerprint density at radius 2 is 1.63 bits per heavy atom. The molecule has 0 aromatic heterocycles. The Labute approximate surface area is 159 Å². The Morgan fingerprint density at radius 1 is 1.00 bits per heavy atom. The summed E-state index contributed by atoms with van der Waals surface area (Å²) in [4.78, 5) is 24.4. The molecule has 1 amide bonds. The normalized spacial score (nSPS) is 11.5. The summed E-state index contributed by atoms with van der Waals surface area (Å²) in [6.45, 7) is 3.51. The molecule has 7 nitrogen and oxygen atoms in total. The van der Waals surface area contributed by atoms with Gasteiger partial charge in [0.15, 0.2) is 0 Å². The predicted octanol–water partition coefficient (Wildman–Crippen LogP) is 2.75. The van der Waals surface area contributed by atoms with Gasteiger partial charge in [0.2, 0.25) is 10.0 Å². The van der Waals surface area contributed by atoms with Crippen molar-refractivity contribution >= 4 is 27.6 Å². The van der Waals surface area contributed by atoms with E-state index in [1.54, 1.807) is 32.0 Å². The van der Waals surface area contributed by atoms with E-state index in [0.29, 0.717) is 16.8 Å². The number of hydrogen-bond acceptors (Lipinski definition) is 5. The van der Waals surface area contributed by atoms with Gasteiger partial charge in [0.1, 0.15) is 0 Å². The summed E-state index contributed by atoms with van der Waals surface area (Å²) in [6.07, 6.45) is -0.243. The summed E-state index contributed by atoms with van der Waals surface area (Å²) >= 11 is 0. The minimum atomic E-state index is -3.55. The van der Waals surface area contributed by atoms with E-state index in [-0.39, 0.29) is 11.0 Å². The molecule has 0 fully saturated rings. The molecular formula is C19H22N2O5S. The number of carbonyl (C=O) groups excluding carboxylic acids is 2. The lowest BCUT2D eigenvalue weighted by Crippen LogP contribution is -2.22. The molecule has 27 heavy (non-hydrogen) atoms. The lowest BCUT2D eigenvalue weighted by molar-refractivity contribution is 0.0377. The smallest absolute Gasteiger partial charge is 0.338 e. The largest absolute Gasteiger partial charge is 0.459 e. The summed E-state index contributed by atoms with van der Waals surface area (Å²) in [5.41, 5.74) is 1.06. The van der Waals surface area contributed by atoms with Crippen LogP contribution in [0.25, 0.3) is 0 Å². The SMILES string of the molecule is CC(C)OC(=O)c1cccc(NC(=O)c2ccc(S(=O)(=O)N(C)C)cc2)c1. The van der Waals surface area contributed by atoms with Crippen molar-refractivity contribution < 1.29 is 22.7 Å². The minimum Gasteiger partial charge on any atom is -0.459 e. The van der Waals surface area contributed by atoms with Gasteiger partial charge in [0.25, 0.3) is 5.91 Å². The highest BCUT2D eigenvalue weighted by Gasteiger charge is 2.18. The maximum absolute atomic E-state index is 12.4. The third-order valence-electron chi connectivity index (χ3n) is 3.59. The lowest BCUT2D eigenvalue weighted by Gasteiger charge is -2.12. The van der Waals surface area contributed by atoms with E-state index in [4.69, 9.17) is 4.74 Å². The van der Waals surface area contributed by atoms with Gasteiger partial charge >= 0.3 is 5.97 Å². The van der Waals surface area contributed by atoms with Crippen LogP contribution in [0.4, 0.5) is 5.69 Å². The Bertz CT molecular complexity index is 935. The van der Waals surface area contributed by atoms with Crippen molar-refractivity contribution in [2.45, 2.75) is 24.8 Å². The van der Waals surface area contributed by atoms with Crippen LogP contribution in [0.15, 0.2) is 53.4 Å². The van der Waals surface area contributed by atoms with E-state index in [9.17, 15) is 18.0 Å². The first-order valence-corrected chi connectivity index (χ1v) is 9.70. The standard InChI is InChI=1S/C19H22N2O5S/c1-13(2)26-19(23)15-6-5-7-16(12-15)20-18(22)14-8-10-17(11-9-14)27(24,25)21(3)4/h5-13H,1-4H3,(H,20,22).